The lowest BCUT2D eigenvalue weighted by atomic mass is 10.2. The molecule has 0 fully saturated rings. The van der Waals surface area contributed by atoms with Crippen molar-refractivity contribution in [2.45, 2.75) is 45.6 Å². The van der Waals surface area contributed by atoms with Crippen molar-refractivity contribution in [1.82, 2.24) is 20.1 Å². The van der Waals surface area contributed by atoms with Crippen molar-refractivity contribution >= 4 is 22.8 Å². The highest BCUT2D eigenvalue weighted by Gasteiger charge is 2.31. The van der Waals surface area contributed by atoms with Gasteiger partial charge in [0.25, 0.3) is 0 Å². The Labute approximate surface area is 192 Å². The maximum Gasteiger partial charge on any atom is 0.573 e. The zero-order chi connectivity index (χ0) is 25.1. The van der Waals surface area contributed by atoms with Crippen LogP contribution >= 0.6 is 0 Å². The van der Waals surface area contributed by atoms with E-state index in [0.717, 1.165) is 12.1 Å². The summed E-state index contributed by atoms with van der Waals surface area (Å²) in [6, 6.07) is 6.61. The van der Waals surface area contributed by atoms with Gasteiger partial charge in [-0.1, -0.05) is 0 Å². The zero-order valence-corrected chi connectivity index (χ0v) is 18.6. The predicted octanol–water partition coefficient (Wildman–Crippen LogP) is 3.07. The predicted molar refractivity (Wildman–Crippen MR) is 115 cm³/mol. The first kappa shape index (κ1) is 25.1. The number of nitrogens with zero attached hydrogens (tertiary/aromatic N) is 3. The van der Waals surface area contributed by atoms with Gasteiger partial charge in [0.05, 0.1) is 29.9 Å². The lowest BCUT2D eigenvalue weighted by Crippen LogP contribution is -2.32. The molecule has 4 N–H and O–H groups in total. The van der Waals surface area contributed by atoms with Crippen LogP contribution in [-0.4, -0.2) is 55.9 Å². The molecule has 0 aliphatic carbocycles. The van der Waals surface area contributed by atoms with Gasteiger partial charge in [-0.3, -0.25) is 0 Å². The number of alkyl carbamates (subject to hydrolysis) is 1. The maximum absolute atomic E-state index is 12.5. The SMILES string of the molecule is CC(C)(C)OC(=O)NCc1nn(-c2ccc(OC(F)(F)F)cc2)c2nccc(NCC(O)O)c12. The van der Waals surface area contributed by atoms with E-state index in [-0.39, 0.29) is 13.1 Å². The van der Waals surface area contributed by atoms with Gasteiger partial charge in [-0.05, 0) is 51.1 Å². The number of nitrogens with one attached hydrogen (secondary N) is 2. The van der Waals surface area contributed by atoms with Gasteiger partial charge in [0.15, 0.2) is 11.9 Å². The van der Waals surface area contributed by atoms with E-state index in [0.29, 0.717) is 28.1 Å². The van der Waals surface area contributed by atoms with Crippen molar-refractivity contribution in [3.8, 4) is 11.4 Å². The number of rotatable bonds is 7. The number of pyridine rings is 1. The molecule has 0 radical (unpaired) electrons. The molecule has 1 aromatic carbocycles. The van der Waals surface area contributed by atoms with E-state index < -0.39 is 30.1 Å². The molecule has 34 heavy (non-hydrogen) atoms. The van der Waals surface area contributed by atoms with Crippen LogP contribution in [0.2, 0.25) is 0 Å². The Kier molecular flexibility index (Phi) is 7.17. The topological polar surface area (TPSA) is 131 Å². The number of ether oxygens (including phenoxy) is 2. The highest BCUT2D eigenvalue weighted by atomic mass is 19.4. The molecule has 3 aromatic rings. The van der Waals surface area contributed by atoms with E-state index in [1.807, 2.05) is 0 Å². The van der Waals surface area contributed by atoms with Crippen LogP contribution in [0.5, 0.6) is 5.75 Å². The van der Waals surface area contributed by atoms with Crippen LogP contribution in [0.4, 0.5) is 23.7 Å². The fraction of sp³-hybridized carbons (Fsp3) is 0.381. The second kappa shape index (κ2) is 9.73. The number of aliphatic hydroxyl groups excluding tert-OH is 1. The number of hydrogen-bond acceptors (Lipinski definition) is 8. The molecule has 0 saturated heterocycles. The largest absolute Gasteiger partial charge is 0.573 e. The summed E-state index contributed by atoms with van der Waals surface area (Å²) in [6.07, 6.45) is -5.66. The molecule has 3 rings (SSSR count). The normalized spacial score (nSPS) is 12.1. The molecule has 0 atom stereocenters. The minimum atomic E-state index is -4.82. The average molecular weight is 483 g/mol. The molecule has 10 nitrogen and oxygen atoms in total. The van der Waals surface area contributed by atoms with E-state index >= 15 is 0 Å². The Hall–Kier alpha value is -3.58. The van der Waals surface area contributed by atoms with E-state index in [9.17, 15) is 28.2 Å². The molecule has 0 bridgehead atoms. The van der Waals surface area contributed by atoms with Crippen molar-refractivity contribution in [2.24, 2.45) is 0 Å². The quantitative estimate of drug-likeness (QED) is 0.377. The summed E-state index contributed by atoms with van der Waals surface area (Å²) in [4.78, 5) is 16.4. The number of benzene rings is 1. The Morgan fingerprint density at radius 3 is 2.41 bits per heavy atom. The first-order chi connectivity index (χ1) is 15.8. The average Bonchev–Trinajstić information content (AvgIpc) is 3.08. The van der Waals surface area contributed by atoms with Gasteiger partial charge in [-0.25, -0.2) is 14.5 Å². The molecule has 2 aromatic heterocycles. The summed E-state index contributed by atoms with van der Waals surface area (Å²) < 4.78 is 47.9. The molecule has 13 heteroatoms. The first-order valence-corrected chi connectivity index (χ1v) is 10.1. The van der Waals surface area contributed by atoms with Gasteiger partial charge >= 0.3 is 12.5 Å². The van der Waals surface area contributed by atoms with E-state index in [2.05, 4.69) is 25.5 Å². The zero-order valence-electron chi connectivity index (χ0n) is 18.6. The molecule has 0 aliphatic rings. The van der Waals surface area contributed by atoms with Gasteiger partial charge in [0.1, 0.15) is 11.4 Å². The van der Waals surface area contributed by atoms with Crippen LogP contribution < -0.4 is 15.4 Å². The van der Waals surface area contributed by atoms with Crippen molar-refractivity contribution in [2.75, 3.05) is 11.9 Å². The standard InChI is InChI=1S/C21H24F3N5O5/c1-20(2,3)34-19(32)27-10-15-17-14(26-11-16(30)31)8-9-25-18(17)29(28-15)12-4-6-13(7-5-12)33-21(22,23)24/h4-9,16,30-31H,10-11H2,1-3H3,(H,25,26)(H,27,32). The summed E-state index contributed by atoms with van der Waals surface area (Å²) in [5.74, 6) is -0.397. The van der Waals surface area contributed by atoms with Crippen LogP contribution in [0.3, 0.4) is 0 Å². The summed E-state index contributed by atoms with van der Waals surface area (Å²) in [5.41, 5.74) is 0.816. The minimum Gasteiger partial charge on any atom is -0.444 e. The summed E-state index contributed by atoms with van der Waals surface area (Å²) in [6.45, 7) is 4.90. The van der Waals surface area contributed by atoms with Gasteiger partial charge in [0.2, 0.25) is 0 Å². The van der Waals surface area contributed by atoms with Crippen LogP contribution in [0.1, 0.15) is 26.5 Å². The number of hydrogen-bond donors (Lipinski definition) is 4. The summed E-state index contributed by atoms with van der Waals surface area (Å²) >= 11 is 0. The number of fused-ring (bicyclic) bond motifs is 1. The van der Waals surface area contributed by atoms with Crippen LogP contribution in [0.15, 0.2) is 36.5 Å². The third-order valence-electron chi connectivity index (χ3n) is 4.23. The highest BCUT2D eigenvalue weighted by Crippen LogP contribution is 2.29. The first-order valence-electron chi connectivity index (χ1n) is 10.1. The molecule has 1 amide bonds. The van der Waals surface area contributed by atoms with Crippen LogP contribution in [0, 0.1) is 0 Å². The number of aromatic nitrogens is 3. The monoisotopic (exact) mass is 483 g/mol. The second-order valence-electron chi connectivity index (χ2n) is 8.17. The second-order valence-corrected chi connectivity index (χ2v) is 8.17. The molecular formula is C21H24F3N5O5. The van der Waals surface area contributed by atoms with Gasteiger partial charge < -0.3 is 30.3 Å². The Morgan fingerprint density at radius 1 is 1.15 bits per heavy atom. The fourth-order valence-electron chi connectivity index (χ4n) is 3.03. The number of alkyl halides is 3. The molecule has 0 spiro atoms. The number of anilines is 1. The van der Waals surface area contributed by atoms with Crippen molar-refractivity contribution < 1.29 is 37.7 Å². The van der Waals surface area contributed by atoms with Crippen molar-refractivity contribution in [1.29, 1.82) is 0 Å². The van der Waals surface area contributed by atoms with Gasteiger partial charge in [-0.15, -0.1) is 13.2 Å². The van der Waals surface area contributed by atoms with E-state index in [4.69, 9.17) is 4.74 Å². The summed E-state index contributed by atoms with van der Waals surface area (Å²) in [7, 11) is 0. The Balaban J connectivity index is 1.98. The van der Waals surface area contributed by atoms with Crippen molar-refractivity contribution in [3.05, 3.63) is 42.2 Å². The van der Waals surface area contributed by atoms with E-state index in [1.54, 1.807) is 26.8 Å². The molecule has 184 valence electrons. The third kappa shape index (κ3) is 6.71. The molecular weight excluding hydrogens is 459 g/mol. The number of aliphatic hydroxyl groups is 2. The fourth-order valence-corrected chi connectivity index (χ4v) is 3.03. The van der Waals surface area contributed by atoms with Gasteiger partial charge in [0, 0.05) is 11.9 Å². The Bertz CT molecular complexity index is 1140. The molecule has 2 heterocycles. The highest BCUT2D eigenvalue weighted by molar-refractivity contribution is 5.92. The lowest BCUT2D eigenvalue weighted by molar-refractivity contribution is -0.274. The lowest BCUT2D eigenvalue weighted by Gasteiger charge is -2.19. The third-order valence-corrected chi connectivity index (χ3v) is 4.23. The minimum absolute atomic E-state index is 0.0598. The molecule has 0 aliphatic heterocycles. The number of carbonyl (C=O) groups excluding carboxylic acids is 1. The number of halogens is 3. The Morgan fingerprint density at radius 2 is 1.82 bits per heavy atom. The van der Waals surface area contributed by atoms with E-state index in [1.165, 1.54) is 23.0 Å². The smallest absolute Gasteiger partial charge is 0.444 e. The van der Waals surface area contributed by atoms with Gasteiger partial charge in [-0.2, -0.15) is 5.10 Å². The molecule has 0 saturated carbocycles. The number of amides is 1. The maximum atomic E-state index is 12.5. The molecule has 0 unspecified atom stereocenters. The summed E-state index contributed by atoms with van der Waals surface area (Å²) in [5, 5.41) is 28.9. The van der Waals surface area contributed by atoms with Crippen LogP contribution in [0.25, 0.3) is 16.7 Å². The van der Waals surface area contributed by atoms with Crippen LogP contribution in [-0.2, 0) is 11.3 Å². The number of carbonyl (C=O) groups is 1. The van der Waals surface area contributed by atoms with Crippen molar-refractivity contribution in [3.63, 3.8) is 0 Å².